The van der Waals surface area contributed by atoms with Gasteiger partial charge in [0.05, 0.1) is 5.69 Å². The fourth-order valence-electron chi connectivity index (χ4n) is 1.70. The Morgan fingerprint density at radius 2 is 2.23 bits per heavy atom. The van der Waals surface area contributed by atoms with Crippen molar-refractivity contribution in [3.05, 3.63) is 29.1 Å². The molecule has 0 atom stereocenters. The van der Waals surface area contributed by atoms with Crippen LogP contribution in [0.15, 0.2) is 17.3 Å². The Kier molecular flexibility index (Phi) is 2.00. The lowest BCUT2D eigenvalue weighted by atomic mass is 9.94. The van der Waals surface area contributed by atoms with Crippen LogP contribution in [0.4, 0.5) is 0 Å². The zero-order chi connectivity index (χ0) is 9.26. The highest BCUT2D eigenvalue weighted by Gasteiger charge is 2.16. The molecule has 0 fully saturated rings. The van der Waals surface area contributed by atoms with Crippen LogP contribution in [-0.2, 0) is 6.42 Å². The molecule has 1 aliphatic carbocycles. The van der Waals surface area contributed by atoms with E-state index in [4.69, 9.17) is 5.21 Å². The topological polar surface area (TPSA) is 45.5 Å². The van der Waals surface area contributed by atoms with Crippen molar-refractivity contribution in [1.29, 1.82) is 0 Å². The van der Waals surface area contributed by atoms with Gasteiger partial charge in [0.15, 0.2) is 0 Å². The summed E-state index contributed by atoms with van der Waals surface area (Å²) in [6.45, 7) is 1.95. The molecule has 0 aromatic carbocycles. The number of fused-ring (bicyclic) bond motifs is 1. The molecule has 1 N–H and O–H groups in total. The van der Waals surface area contributed by atoms with Crippen molar-refractivity contribution in [3.63, 3.8) is 0 Å². The van der Waals surface area contributed by atoms with Gasteiger partial charge in [-0.2, -0.15) is 0 Å². The number of hydrogen-bond donors (Lipinski definition) is 1. The van der Waals surface area contributed by atoms with Gasteiger partial charge < -0.3 is 5.21 Å². The molecule has 2 rings (SSSR count). The van der Waals surface area contributed by atoms with Crippen molar-refractivity contribution in [2.75, 3.05) is 0 Å². The summed E-state index contributed by atoms with van der Waals surface area (Å²) in [6.07, 6.45) is 2.93. The van der Waals surface area contributed by atoms with Gasteiger partial charge in [0.25, 0.3) is 0 Å². The van der Waals surface area contributed by atoms with E-state index < -0.39 is 0 Å². The molecule has 0 bridgehead atoms. The summed E-state index contributed by atoms with van der Waals surface area (Å²) >= 11 is 0. The predicted molar refractivity (Wildman–Crippen MR) is 50.2 cm³/mol. The summed E-state index contributed by atoms with van der Waals surface area (Å²) < 4.78 is 0. The highest BCUT2D eigenvalue weighted by atomic mass is 16.4. The zero-order valence-electron chi connectivity index (χ0n) is 7.62. The average molecular weight is 176 g/mol. The lowest BCUT2D eigenvalue weighted by Gasteiger charge is -2.15. The number of hydrogen-bond acceptors (Lipinski definition) is 3. The smallest absolute Gasteiger partial charge is 0.105 e. The molecule has 3 nitrogen and oxygen atoms in total. The summed E-state index contributed by atoms with van der Waals surface area (Å²) in [5.74, 6) is 0. The van der Waals surface area contributed by atoms with Crippen LogP contribution >= 0.6 is 0 Å². The second-order valence-electron chi connectivity index (χ2n) is 3.36. The van der Waals surface area contributed by atoms with Crippen LogP contribution in [0.1, 0.15) is 29.8 Å². The van der Waals surface area contributed by atoms with Gasteiger partial charge in [-0.25, -0.2) is 0 Å². The molecule has 0 spiro atoms. The van der Waals surface area contributed by atoms with Crippen LogP contribution in [0.3, 0.4) is 0 Å². The van der Waals surface area contributed by atoms with Crippen molar-refractivity contribution >= 4 is 5.71 Å². The van der Waals surface area contributed by atoms with Gasteiger partial charge >= 0.3 is 0 Å². The van der Waals surface area contributed by atoms with E-state index in [1.165, 1.54) is 5.56 Å². The van der Waals surface area contributed by atoms with Crippen molar-refractivity contribution < 1.29 is 5.21 Å². The van der Waals surface area contributed by atoms with E-state index in [-0.39, 0.29) is 0 Å². The number of nitrogens with zero attached hydrogens (tertiary/aromatic N) is 2. The van der Waals surface area contributed by atoms with E-state index in [1.807, 2.05) is 13.0 Å². The van der Waals surface area contributed by atoms with Crippen LogP contribution < -0.4 is 0 Å². The third-order valence-electron chi connectivity index (χ3n) is 2.37. The quantitative estimate of drug-likeness (QED) is 0.484. The zero-order valence-corrected chi connectivity index (χ0v) is 7.62. The fraction of sp³-hybridized carbons (Fsp3) is 0.400. The average Bonchev–Trinajstić information content (AvgIpc) is 2.17. The monoisotopic (exact) mass is 176 g/mol. The highest BCUT2D eigenvalue weighted by Crippen LogP contribution is 2.19. The molecule has 68 valence electrons. The molecule has 3 heteroatoms. The summed E-state index contributed by atoms with van der Waals surface area (Å²) in [5.41, 5.74) is 3.78. The van der Waals surface area contributed by atoms with Crippen LogP contribution in [0.2, 0.25) is 0 Å². The number of aromatic nitrogens is 1. The van der Waals surface area contributed by atoms with Crippen LogP contribution in [0.5, 0.6) is 0 Å². The summed E-state index contributed by atoms with van der Waals surface area (Å²) in [6, 6.07) is 4.07. The molecule has 13 heavy (non-hydrogen) atoms. The highest BCUT2D eigenvalue weighted by molar-refractivity contribution is 6.00. The molecule has 0 amide bonds. The predicted octanol–water partition coefficient (Wildman–Crippen LogP) is 1.90. The van der Waals surface area contributed by atoms with Crippen molar-refractivity contribution in [2.24, 2.45) is 5.16 Å². The minimum Gasteiger partial charge on any atom is -0.411 e. The normalized spacial score (nSPS) is 18.7. The number of rotatable bonds is 0. The molecule has 0 saturated carbocycles. The van der Waals surface area contributed by atoms with Gasteiger partial charge in [-0.05, 0) is 37.8 Å². The third kappa shape index (κ3) is 1.41. The minimum absolute atomic E-state index is 0.727. The van der Waals surface area contributed by atoms with E-state index in [1.54, 1.807) is 0 Å². The van der Waals surface area contributed by atoms with Crippen LogP contribution in [-0.4, -0.2) is 15.9 Å². The van der Waals surface area contributed by atoms with Gasteiger partial charge in [-0.3, -0.25) is 4.98 Å². The fourth-order valence-corrected chi connectivity index (χ4v) is 1.70. The van der Waals surface area contributed by atoms with Crippen LogP contribution in [0, 0.1) is 6.92 Å². The van der Waals surface area contributed by atoms with Crippen molar-refractivity contribution in [2.45, 2.75) is 26.2 Å². The maximum atomic E-state index is 8.78. The van der Waals surface area contributed by atoms with E-state index in [2.05, 4.69) is 16.2 Å². The molecule has 0 aliphatic heterocycles. The molecule has 1 aliphatic rings. The van der Waals surface area contributed by atoms with E-state index in [9.17, 15) is 0 Å². The van der Waals surface area contributed by atoms with Gasteiger partial charge in [-0.15, -0.1) is 0 Å². The Labute approximate surface area is 77.1 Å². The van der Waals surface area contributed by atoms with Gasteiger partial charge in [-0.1, -0.05) is 11.2 Å². The maximum absolute atomic E-state index is 8.78. The maximum Gasteiger partial charge on any atom is 0.105 e. The summed E-state index contributed by atoms with van der Waals surface area (Å²) in [5, 5.41) is 12.1. The lowest BCUT2D eigenvalue weighted by Crippen LogP contribution is -2.14. The van der Waals surface area contributed by atoms with Gasteiger partial charge in [0.2, 0.25) is 0 Å². The summed E-state index contributed by atoms with van der Waals surface area (Å²) in [7, 11) is 0. The van der Waals surface area contributed by atoms with E-state index >= 15 is 0 Å². The van der Waals surface area contributed by atoms with Crippen LogP contribution in [0.25, 0.3) is 0 Å². The number of aryl methyl sites for hydroxylation is 2. The molecule has 1 aromatic heterocycles. The first kappa shape index (κ1) is 8.23. The second kappa shape index (κ2) is 3.17. The Bertz CT molecular complexity index is 358. The van der Waals surface area contributed by atoms with E-state index in [0.717, 1.165) is 36.4 Å². The Morgan fingerprint density at radius 3 is 3.00 bits per heavy atom. The standard InChI is InChI=1S/C10H12N2O/c1-7-5-6-8-3-2-4-9(12-13)10(8)11-7/h5-6,13H,2-4H2,1H3. The molecule has 0 radical (unpaired) electrons. The SMILES string of the molecule is Cc1ccc2c(n1)C(=NO)CCC2. The largest absolute Gasteiger partial charge is 0.411 e. The van der Waals surface area contributed by atoms with Crippen molar-refractivity contribution in [3.8, 4) is 0 Å². The third-order valence-corrected chi connectivity index (χ3v) is 2.37. The lowest BCUT2D eigenvalue weighted by molar-refractivity contribution is 0.317. The molecule has 1 heterocycles. The Hall–Kier alpha value is -1.38. The molecule has 0 unspecified atom stereocenters. The first-order valence-electron chi connectivity index (χ1n) is 4.49. The summed E-state index contributed by atoms with van der Waals surface area (Å²) in [4.78, 5) is 4.38. The molecule has 1 aromatic rings. The molecular formula is C10H12N2O. The Balaban J connectivity index is 2.54. The number of oxime groups is 1. The van der Waals surface area contributed by atoms with Gasteiger partial charge in [0.1, 0.15) is 5.71 Å². The first-order valence-corrected chi connectivity index (χ1v) is 4.49. The second-order valence-corrected chi connectivity index (χ2v) is 3.36. The molecule has 0 saturated heterocycles. The van der Waals surface area contributed by atoms with Gasteiger partial charge in [0, 0.05) is 5.69 Å². The van der Waals surface area contributed by atoms with E-state index in [0.29, 0.717) is 0 Å². The molecular weight excluding hydrogens is 164 g/mol. The first-order chi connectivity index (χ1) is 6.31. The minimum atomic E-state index is 0.727. The number of pyridine rings is 1. The Morgan fingerprint density at radius 1 is 1.38 bits per heavy atom. The van der Waals surface area contributed by atoms with Crippen molar-refractivity contribution in [1.82, 2.24) is 4.98 Å².